The average molecular weight is 479 g/mol. The molecular weight excluding hydrogens is 461 g/mol. The zero-order chi connectivity index (χ0) is 24.2. The van der Waals surface area contributed by atoms with E-state index in [4.69, 9.17) is 0 Å². The minimum Gasteiger partial charge on any atom is -0.323 e. The first kappa shape index (κ1) is 22.7. The molecule has 4 aromatic rings. The van der Waals surface area contributed by atoms with Gasteiger partial charge in [0.2, 0.25) is 16.2 Å². The quantitative estimate of drug-likeness (QED) is 0.254. The summed E-state index contributed by atoms with van der Waals surface area (Å²) in [6.07, 6.45) is 4.58. The molecule has 1 N–H and O–H groups in total. The highest BCUT2D eigenvalue weighted by molar-refractivity contribution is 7.73. The van der Waals surface area contributed by atoms with E-state index in [1.807, 2.05) is 0 Å². The van der Waals surface area contributed by atoms with E-state index in [0.29, 0.717) is 16.8 Å². The van der Waals surface area contributed by atoms with Gasteiger partial charge in [0.15, 0.2) is 5.82 Å². The van der Waals surface area contributed by atoms with E-state index in [2.05, 4.69) is 25.9 Å². The maximum Gasteiger partial charge on any atom is 0.248 e. The van der Waals surface area contributed by atoms with E-state index < -0.39 is 16.2 Å². The van der Waals surface area contributed by atoms with Crippen LogP contribution in [0.2, 0.25) is 0 Å². The fourth-order valence-electron chi connectivity index (χ4n) is 3.31. The number of aryl methyl sites for hydroxylation is 2. The normalized spacial score (nSPS) is 11.0. The van der Waals surface area contributed by atoms with Crippen molar-refractivity contribution in [1.29, 1.82) is 0 Å². The minimum absolute atomic E-state index is 0.0600. The van der Waals surface area contributed by atoms with E-state index in [0.717, 1.165) is 11.3 Å². The molecular formula is C22H18FN7O3S. The fourth-order valence-corrected chi connectivity index (χ4v) is 3.96. The summed E-state index contributed by atoms with van der Waals surface area (Å²) < 4.78 is 39.6. The summed E-state index contributed by atoms with van der Waals surface area (Å²) in [6, 6.07) is 12.2. The zero-order valence-corrected chi connectivity index (χ0v) is 18.9. The van der Waals surface area contributed by atoms with Gasteiger partial charge in [0, 0.05) is 42.5 Å². The first-order valence-electron chi connectivity index (χ1n) is 9.90. The first-order valence-corrected chi connectivity index (χ1v) is 11.0. The lowest BCUT2D eigenvalue weighted by Gasteiger charge is -2.06. The monoisotopic (exact) mass is 479 g/mol. The molecule has 4 rings (SSSR count). The van der Waals surface area contributed by atoms with Gasteiger partial charge in [0.05, 0.1) is 11.9 Å². The highest BCUT2D eigenvalue weighted by atomic mass is 32.2. The predicted molar refractivity (Wildman–Crippen MR) is 124 cm³/mol. The molecule has 10 nitrogen and oxygen atoms in total. The summed E-state index contributed by atoms with van der Waals surface area (Å²) in [5, 5.41) is 17.8. The van der Waals surface area contributed by atoms with E-state index in [-0.39, 0.29) is 16.5 Å². The lowest BCUT2D eigenvalue weighted by molar-refractivity contribution is -0.111. The number of benzene rings is 2. The maximum absolute atomic E-state index is 13.3. The average Bonchev–Trinajstić information content (AvgIpc) is 3.39. The van der Waals surface area contributed by atoms with E-state index >= 15 is 0 Å². The van der Waals surface area contributed by atoms with Gasteiger partial charge in [-0.25, -0.2) is 9.07 Å². The Morgan fingerprint density at radius 2 is 1.74 bits per heavy atom. The van der Waals surface area contributed by atoms with Crippen molar-refractivity contribution < 1.29 is 17.6 Å². The van der Waals surface area contributed by atoms with Crippen molar-refractivity contribution in [2.45, 2.75) is 0 Å². The summed E-state index contributed by atoms with van der Waals surface area (Å²) in [7, 11) is 0.716. The topological polar surface area (TPSA) is 125 Å². The standard InChI is InChI=1S/C22H18FN7O3S/c1-29-20(14-3-8-17(23)9-4-14)16(13-24-29)7-12-19(31)25-18-10-5-15(6-11-18)21(34(32)33)22-26-27-28-30(22)2/h3-13H,1-2H3,(H,25,31). The molecule has 0 unspecified atom stereocenters. The van der Waals surface area contributed by atoms with Crippen LogP contribution in [-0.2, 0) is 29.2 Å². The Balaban J connectivity index is 1.50. The third-order valence-corrected chi connectivity index (χ3v) is 5.66. The Morgan fingerprint density at radius 1 is 1.03 bits per heavy atom. The van der Waals surface area contributed by atoms with Gasteiger partial charge in [-0.2, -0.15) is 13.5 Å². The van der Waals surface area contributed by atoms with Crippen molar-refractivity contribution in [2.24, 2.45) is 14.1 Å². The molecule has 1 amide bonds. The molecule has 0 radical (unpaired) electrons. The van der Waals surface area contributed by atoms with Gasteiger partial charge in [-0.1, -0.05) is 12.1 Å². The molecule has 12 heteroatoms. The number of amides is 1. The molecule has 2 aromatic carbocycles. The highest BCUT2D eigenvalue weighted by Crippen LogP contribution is 2.24. The molecule has 0 fully saturated rings. The van der Waals surface area contributed by atoms with Crippen molar-refractivity contribution in [2.75, 3.05) is 5.32 Å². The van der Waals surface area contributed by atoms with Crippen molar-refractivity contribution in [1.82, 2.24) is 30.0 Å². The van der Waals surface area contributed by atoms with Crippen LogP contribution in [0.3, 0.4) is 0 Å². The molecule has 0 saturated heterocycles. The number of carbonyl (C=O) groups excluding carboxylic acids is 1. The number of hydrogen-bond acceptors (Lipinski definition) is 7. The smallest absolute Gasteiger partial charge is 0.248 e. The van der Waals surface area contributed by atoms with Crippen LogP contribution in [0.4, 0.5) is 10.1 Å². The fraction of sp³-hybridized carbons (Fsp3) is 0.0909. The molecule has 0 atom stereocenters. The SMILES string of the molecule is Cn1nnnc1C(c1ccc(NC(=O)C=Cc2cnn(C)c2-c2ccc(F)cc2)cc1)=S(=O)=O. The predicted octanol–water partition coefficient (Wildman–Crippen LogP) is 1.85. The Hall–Kier alpha value is -4.45. The summed E-state index contributed by atoms with van der Waals surface area (Å²) in [4.78, 5) is 12.4. The number of tetrazole rings is 1. The van der Waals surface area contributed by atoms with Crippen LogP contribution in [0.5, 0.6) is 0 Å². The second-order valence-electron chi connectivity index (χ2n) is 7.17. The Labute approximate surface area is 194 Å². The van der Waals surface area contributed by atoms with E-state index in [1.54, 1.807) is 60.4 Å². The first-order chi connectivity index (χ1) is 16.3. The van der Waals surface area contributed by atoms with Gasteiger partial charge in [0.25, 0.3) is 0 Å². The number of hydrogen-bond donors (Lipinski definition) is 1. The second kappa shape index (κ2) is 9.58. The van der Waals surface area contributed by atoms with Gasteiger partial charge in [-0.05, 0) is 52.9 Å². The Morgan fingerprint density at radius 3 is 2.35 bits per heavy atom. The maximum atomic E-state index is 13.3. The third kappa shape index (κ3) is 4.81. The number of halogens is 1. The van der Waals surface area contributed by atoms with E-state index in [9.17, 15) is 17.6 Å². The van der Waals surface area contributed by atoms with Crippen LogP contribution >= 0.6 is 0 Å². The molecule has 2 aromatic heterocycles. The van der Waals surface area contributed by atoms with Gasteiger partial charge >= 0.3 is 0 Å². The third-order valence-electron chi connectivity index (χ3n) is 4.90. The van der Waals surface area contributed by atoms with E-state index in [1.165, 1.54) is 29.9 Å². The van der Waals surface area contributed by atoms with Crippen molar-refractivity contribution in [3.05, 3.63) is 83.6 Å². The van der Waals surface area contributed by atoms with Crippen LogP contribution in [0, 0.1) is 5.82 Å². The molecule has 0 bridgehead atoms. The summed E-state index contributed by atoms with van der Waals surface area (Å²) in [6.45, 7) is 0. The van der Waals surface area contributed by atoms with Crippen molar-refractivity contribution >= 4 is 32.8 Å². The van der Waals surface area contributed by atoms with Crippen LogP contribution in [0.15, 0.2) is 60.8 Å². The van der Waals surface area contributed by atoms with Crippen LogP contribution in [-0.4, -0.2) is 49.2 Å². The molecule has 0 aliphatic rings. The van der Waals surface area contributed by atoms with Gasteiger partial charge < -0.3 is 5.32 Å². The molecule has 0 spiro atoms. The number of rotatable bonds is 6. The number of anilines is 1. The van der Waals surface area contributed by atoms with Gasteiger partial charge in [-0.3, -0.25) is 9.48 Å². The Bertz CT molecular complexity index is 1510. The van der Waals surface area contributed by atoms with Crippen LogP contribution in [0.1, 0.15) is 17.0 Å². The molecule has 2 heterocycles. The highest BCUT2D eigenvalue weighted by Gasteiger charge is 2.16. The summed E-state index contributed by atoms with van der Waals surface area (Å²) in [5.74, 6) is -0.634. The van der Waals surface area contributed by atoms with Crippen molar-refractivity contribution in [3.8, 4) is 11.3 Å². The minimum atomic E-state index is -2.58. The lowest BCUT2D eigenvalue weighted by atomic mass is 10.1. The molecule has 0 aliphatic heterocycles. The summed E-state index contributed by atoms with van der Waals surface area (Å²) >= 11 is 0. The van der Waals surface area contributed by atoms with Crippen molar-refractivity contribution in [3.63, 3.8) is 0 Å². The largest absolute Gasteiger partial charge is 0.323 e. The van der Waals surface area contributed by atoms with Crippen LogP contribution < -0.4 is 5.32 Å². The molecule has 0 saturated carbocycles. The number of nitrogens with one attached hydrogen (secondary N) is 1. The van der Waals surface area contributed by atoms with Crippen LogP contribution in [0.25, 0.3) is 17.3 Å². The zero-order valence-electron chi connectivity index (χ0n) is 18.0. The molecule has 0 aliphatic carbocycles. The van der Waals surface area contributed by atoms with Gasteiger partial charge in [0.1, 0.15) is 10.7 Å². The molecule has 34 heavy (non-hydrogen) atoms. The number of carbonyl (C=O) groups is 1. The summed E-state index contributed by atoms with van der Waals surface area (Å²) in [5.41, 5.74) is 3.03. The number of aromatic nitrogens is 6. The second-order valence-corrected chi connectivity index (χ2v) is 8.05. The van der Waals surface area contributed by atoms with Gasteiger partial charge in [-0.15, -0.1) is 5.10 Å². The lowest BCUT2D eigenvalue weighted by Crippen LogP contribution is -2.13. The Kier molecular flexibility index (Phi) is 6.41. The molecule has 172 valence electrons. The number of nitrogens with zero attached hydrogens (tertiary/aromatic N) is 6.